The molecule has 1 aliphatic rings. The zero-order valence-electron chi connectivity index (χ0n) is 26.3. The summed E-state index contributed by atoms with van der Waals surface area (Å²) in [6.07, 6.45) is 7.04. The number of hydrogen-bond acceptors (Lipinski definition) is 7. The molecule has 0 saturated carbocycles. The van der Waals surface area contributed by atoms with Crippen molar-refractivity contribution < 1.29 is 9.53 Å². The van der Waals surface area contributed by atoms with Gasteiger partial charge in [-0.25, -0.2) is 15.0 Å². The molecule has 1 atom stereocenters. The SMILES string of the molecule is COc1ccc(Cn2c(NC(CC(C(=O)N(C)C)(c3ccccc3)c3ccccc3)N3CCCCC3)nc3cncnc32)cc1. The smallest absolute Gasteiger partial charge is 0.237 e. The van der Waals surface area contributed by atoms with Crippen LogP contribution in [0.1, 0.15) is 42.4 Å². The summed E-state index contributed by atoms with van der Waals surface area (Å²) < 4.78 is 7.49. The van der Waals surface area contributed by atoms with Gasteiger partial charge in [-0.2, -0.15) is 0 Å². The molecule has 0 radical (unpaired) electrons. The van der Waals surface area contributed by atoms with Crippen LogP contribution in [0.25, 0.3) is 11.2 Å². The summed E-state index contributed by atoms with van der Waals surface area (Å²) in [7, 11) is 5.36. The lowest BCUT2D eigenvalue weighted by Gasteiger charge is -2.43. The van der Waals surface area contributed by atoms with Gasteiger partial charge >= 0.3 is 0 Å². The number of amides is 1. The van der Waals surface area contributed by atoms with Gasteiger partial charge in [-0.15, -0.1) is 0 Å². The zero-order valence-corrected chi connectivity index (χ0v) is 26.3. The van der Waals surface area contributed by atoms with E-state index in [2.05, 4.69) is 61.1 Å². The fourth-order valence-corrected chi connectivity index (χ4v) is 6.56. The largest absolute Gasteiger partial charge is 0.497 e. The summed E-state index contributed by atoms with van der Waals surface area (Å²) in [6.45, 7) is 2.43. The van der Waals surface area contributed by atoms with E-state index in [1.807, 2.05) is 62.6 Å². The number of rotatable bonds is 11. The van der Waals surface area contributed by atoms with Crippen LogP contribution in [0.5, 0.6) is 5.75 Å². The molecule has 1 N–H and O–H groups in total. The van der Waals surface area contributed by atoms with Crippen molar-refractivity contribution in [2.24, 2.45) is 0 Å². The first-order valence-corrected chi connectivity index (χ1v) is 15.6. The number of ether oxygens (including phenoxy) is 1. The average molecular weight is 604 g/mol. The summed E-state index contributed by atoms with van der Waals surface area (Å²) in [5.74, 6) is 1.55. The van der Waals surface area contributed by atoms with Gasteiger partial charge in [-0.1, -0.05) is 79.2 Å². The third-order valence-corrected chi connectivity index (χ3v) is 8.84. The molecule has 3 heterocycles. The molecule has 5 aromatic rings. The summed E-state index contributed by atoms with van der Waals surface area (Å²) >= 11 is 0. The molecular weight excluding hydrogens is 562 g/mol. The number of likely N-dealkylation sites (tertiary alicyclic amines) is 1. The van der Waals surface area contributed by atoms with Gasteiger partial charge in [-0.05, 0) is 41.7 Å². The number of aromatic nitrogens is 4. The molecule has 0 bridgehead atoms. The number of carbonyl (C=O) groups excluding carboxylic acids is 1. The van der Waals surface area contributed by atoms with E-state index in [1.165, 1.54) is 6.42 Å². The molecule has 1 fully saturated rings. The lowest BCUT2D eigenvalue weighted by atomic mass is 9.70. The highest BCUT2D eigenvalue weighted by Gasteiger charge is 2.46. The molecule has 1 aliphatic heterocycles. The van der Waals surface area contributed by atoms with E-state index in [4.69, 9.17) is 9.72 Å². The van der Waals surface area contributed by atoms with Crippen LogP contribution in [-0.4, -0.2) is 75.7 Å². The lowest BCUT2D eigenvalue weighted by Crippen LogP contribution is -2.53. The summed E-state index contributed by atoms with van der Waals surface area (Å²) in [4.78, 5) is 32.7. The second-order valence-corrected chi connectivity index (χ2v) is 11.9. The number of likely N-dealkylation sites (N-methyl/N-ethyl adjacent to an activating group) is 1. The van der Waals surface area contributed by atoms with Crippen molar-refractivity contribution >= 4 is 23.0 Å². The van der Waals surface area contributed by atoms with Gasteiger partial charge in [0.15, 0.2) is 5.65 Å². The van der Waals surface area contributed by atoms with Gasteiger partial charge in [0.1, 0.15) is 23.0 Å². The summed E-state index contributed by atoms with van der Waals surface area (Å²) in [5, 5.41) is 3.85. The molecule has 0 aliphatic carbocycles. The van der Waals surface area contributed by atoms with Crippen LogP contribution < -0.4 is 10.1 Å². The average Bonchev–Trinajstić information content (AvgIpc) is 3.44. The Morgan fingerprint density at radius 3 is 2.18 bits per heavy atom. The third-order valence-electron chi connectivity index (χ3n) is 8.84. The molecule has 45 heavy (non-hydrogen) atoms. The monoisotopic (exact) mass is 603 g/mol. The maximum atomic E-state index is 14.6. The van der Waals surface area contributed by atoms with E-state index in [1.54, 1.807) is 24.5 Å². The predicted molar refractivity (Wildman–Crippen MR) is 177 cm³/mol. The Labute approximate surface area is 264 Å². The van der Waals surface area contributed by atoms with E-state index < -0.39 is 5.41 Å². The minimum atomic E-state index is -0.937. The Morgan fingerprint density at radius 2 is 1.58 bits per heavy atom. The van der Waals surface area contributed by atoms with Crippen molar-refractivity contribution in [1.82, 2.24) is 29.3 Å². The van der Waals surface area contributed by atoms with Crippen molar-refractivity contribution in [1.29, 1.82) is 0 Å². The van der Waals surface area contributed by atoms with Crippen molar-refractivity contribution in [3.8, 4) is 5.75 Å². The highest BCUT2D eigenvalue weighted by Crippen LogP contribution is 2.40. The van der Waals surface area contributed by atoms with E-state index in [9.17, 15) is 4.79 Å². The predicted octanol–water partition coefficient (Wildman–Crippen LogP) is 5.57. The number of piperidine rings is 1. The van der Waals surface area contributed by atoms with Crippen molar-refractivity contribution in [3.05, 3.63) is 114 Å². The number of nitrogens with zero attached hydrogens (tertiary/aromatic N) is 6. The van der Waals surface area contributed by atoms with E-state index in [0.717, 1.165) is 54.0 Å². The van der Waals surface area contributed by atoms with Gasteiger partial charge in [0.2, 0.25) is 11.9 Å². The van der Waals surface area contributed by atoms with Crippen LogP contribution in [-0.2, 0) is 16.8 Å². The van der Waals surface area contributed by atoms with Crippen LogP contribution in [0.15, 0.2) is 97.5 Å². The molecule has 3 aromatic carbocycles. The number of anilines is 1. The molecule has 1 saturated heterocycles. The topological polar surface area (TPSA) is 88.4 Å². The van der Waals surface area contributed by atoms with Crippen LogP contribution in [0, 0.1) is 0 Å². The Kier molecular flexibility index (Phi) is 9.07. The normalized spacial score (nSPS) is 14.6. The van der Waals surface area contributed by atoms with Crippen LogP contribution in [0.2, 0.25) is 0 Å². The first kappa shape index (κ1) is 30.3. The highest BCUT2D eigenvalue weighted by atomic mass is 16.5. The molecular formula is C36H41N7O2. The zero-order chi connectivity index (χ0) is 31.2. The molecule has 2 aromatic heterocycles. The van der Waals surface area contributed by atoms with E-state index >= 15 is 0 Å². The number of imidazole rings is 1. The maximum absolute atomic E-state index is 14.6. The molecule has 9 heteroatoms. The molecule has 6 rings (SSSR count). The minimum Gasteiger partial charge on any atom is -0.497 e. The lowest BCUT2D eigenvalue weighted by molar-refractivity contribution is -0.134. The summed E-state index contributed by atoms with van der Waals surface area (Å²) in [6, 6.07) is 28.5. The number of fused-ring (bicyclic) bond motifs is 1. The highest BCUT2D eigenvalue weighted by molar-refractivity contribution is 5.92. The number of methoxy groups -OCH3 is 1. The Morgan fingerprint density at radius 1 is 0.933 bits per heavy atom. The first-order chi connectivity index (χ1) is 22.0. The molecule has 0 spiro atoms. The second kappa shape index (κ2) is 13.5. The fraction of sp³-hybridized carbons (Fsp3) is 0.333. The minimum absolute atomic E-state index is 0.0429. The number of benzene rings is 3. The van der Waals surface area contributed by atoms with E-state index in [-0.39, 0.29) is 12.1 Å². The number of carbonyl (C=O) groups is 1. The third kappa shape index (κ3) is 6.26. The first-order valence-electron chi connectivity index (χ1n) is 15.6. The van der Waals surface area contributed by atoms with Crippen LogP contribution in [0.4, 0.5) is 5.95 Å². The molecule has 1 amide bonds. The van der Waals surface area contributed by atoms with Crippen molar-refractivity contribution in [2.75, 3.05) is 39.6 Å². The van der Waals surface area contributed by atoms with Gasteiger partial charge in [-0.3, -0.25) is 14.3 Å². The standard InChI is InChI=1S/C36H41N7O2/c1-41(2)34(44)36(28-13-7-4-8-14-28,29-15-9-5-10-16-29)23-32(42-21-11-6-12-22-42)40-35-39-31-24-37-26-38-33(31)43(35)25-27-17-19-30(45-3)20-18-27/h4-5,7-10,13-20,24,26,32H,6,11-12,21-23,25H2,1-3H3,(H,39,40). The van der Waals surface area contributed by atoms with E-state index in [0.29, 0.717) is 24.4 Å². The van der Waals surface area contributed by atoms with Gasteiger partial charge < -0.3 is 15.0 Å². The van der Waals surface area contributed by atoms with Crippen molar-refractivity contribution in [3.63, 3.8) is 0 Å². The fourth-order valence-electron chi connectivity index (χ4n) is 6.56. The Hall–Kier alpha value is -4.76. The number of hydrogen-bond donors (Lipinski definition) is 1. The van der Waals surface area contributed by atoms with Crippen LogP contribution in [0.3, 0.4) is 0 Å². The molecule has 232 valence electrons. The molecule has 1 unspecified atom stereocenters. The number of nitrogens with one attached hydrogen (secondary N) is 1. The molecule has 9 nitrogen and oxygen atoms in total. The summed E-state index contributed by atoms with van der Waals surface area (Å²) in [5.41, 5.74) is 3.56. The second-order valence-electron chi connectivity index (χ2n) is 11.9. The van der Waals surface area contributed by atoms with Gasteiger partial charge in [0, 0.05) is 33.6 Å². The van der Waals surface area contributed by atoms with Gasteiger partial charge in [0.05, 0.1) is 26.0 Å². The van der Waals surface area contributed by atoms with Crippen molar-refractivity contribution in [2.45, 2.75) is 43.8 Å². The van der Waals surface area contributed by atoms with Crippen LogP contribution >= 0.6 is 0 Å². The Bertz CT molecular complexity index is 1660. The van der Waals surface area contributed by atoms with Gasteiger partial charge in [0.25, 0.3) is 0 Å². The Balaban J connectivity index is 1.47. The maximum Gasteiger partial charge on any atom is 0.237 e. The quantitative estimate of drug-likeness (QED) is 0.211.